The third-order valence-corrected chi connectivity index (χ3v) is 4.89. The van der Waals surface area contributed by atoms with Crippen LogP contribution in [0.15, 0.2) is 65.8 Å². The van der Waals surface area contributed by atoms with Gasteiger partial charge in [-0.15, -0.1) is 17.9 Å². The van der Waals surface area contributed by atoms with Gasteiger partial charge in [0, 0.05) is 11.6 Å². The van der Waals surface area contributed by atoms with E-state index in [9.17, 15) is 14.7 Å². The van der Waals surface area contributed by atoms with Crippen LogP contribution < -0.4 is 0 Å². The van der Waals surface area contributed by atoms with Gasteiger partial charge in [-0.2, -0.15) is 0 Å². The van der Waals surface area contributed by atoms with Crippen LogP contribution in [0.25, 0.3) is 0 Å². The molecule has 0 saturated heterocycles. The minimum atomic E-state index is -0.691. The van der Waals surface area contributed by atoms with Gasteiger partial charge in [-0.25, -0.2) is 0 Å². The van der Waals surface area contributed by atoms with Crippen molar-refractivity contribution in [3.05, 3.63) is 81.2 Å². The lowest BCUT2D eigenvalue weighted by Gasteiger charge is -2.25. The first-order chi connectivity index (χ1) is 11.5. The Balaban J connectivity index is 2.13. The summed E-state index contributed by atoms with van der Waals surface area (Å²) >= 11 is 7.33. The number of benzene rings is 1. The molecule has 0 bridgehead atoms. The van der Waals surface area contributed by atoms with Crippen LogP contribution in [0.1, 0.15) is 21.3 Å². The predicted octanol–water partition coefficient (Wildman–Crippen LogP) is 4.17. The Labute approximate surface area is 148 Å². The number of aliphatic hydroxyl groups excluding tert-OH is 1. The molecule has 1 aliphatic heterocycles. The first-order valence-electron chi connectivity index (χ1n) is 7.23. The molecule has 0 unspecified atom stereocenters. The SMILES string of the molecule is C=CCN1C(=O)C(O)=C(C(=O)c2cccs2)[C@H]1c1cccc(Cl)c1. The van der Waals surface area contributed by atoms with Crippen molar-refractivity contribution in [2.75, 3.05) is 6.54 Å². The molecule has 1 aromatic carbocycles. The molecule has 1 N–H and O–H groups in total. The Kier molecular flexibility index (Phi) is 4.55. The van der Waals surface area contributed by atoms with Crippen molar-refractivity contribution in [3.63, 3.8) is 0 Å². The van der Waals surface area contributed by atoms with Crippen LogP contribution in [0.2, 0.25) is 5.02 Å². The Morgan fingerprint density at radius 1 is 1.38 bits per heavy atom. The van der Waals surface area contributed by atoms with Gasteiger partial charge in [-0.05, 0) is 29.1 Å². The van der Waals surface area contributed by atoms with Gasteiger partial charge in [0.15, 0.2) is 5.76 Å². The van der Waals surface area contributed by atoms with Crippen LogP contribution in [-0.4, -0.2) is 28.2 Å². The van der Waals surface area contributed by atoms with Gasteiger partial charge in [-0.3, -0.25) is 9.59 Å². The standard InChI is InChI=1S/C18H14ClNO3S/c1-2-8-20-15(11-5-3-6-12(19)10-11)14(17(22)18(20)23)16(21)13-7-4-9-24-13/h2-7,9-10,15,22H,1,8H2/t15-/m1/s1. The highest BCUT2D eigenvalue weighted by atomic mass is 35.5. The molecular formula is C18H14ClNO3S. The molecule has 4 nitrogen and oxygen atoms in total. The lowest BCUT2D eigenvalue weighted by Crippen LogP contribution is -2.31. The van der Waals surface area contributed by atoms with Gasteiger partial charge in [0.2, 0.25) is 5.78 Å². The van der Waals surface area contributed by atoms with Crippen LogP contribution in [0.3, 0.4) is 0 Å². The molecule has 0 spiro atoms. The quantitative estimate of drug-likeness (QED) is 0.644. The monoisotopic (exact) mass is 359 g/mol. The van der Waals surface area contributed by atoms with E-state index in [1.807, 2.05) is 0 Å². The van der Waals surface area contributed by atoms with Gasteiger partial charge in [-0.1, -0.05) is 35.9 Å². The average molecular weight is 360 g/mol. The number of halogens is 1. The molecule has 1 amide bonds. The Morgan fingerprint density at radius 2 is 2.17 bits per heavy atom. The second kappa shape index (κ2) is 6.63. The molecule has 1 aromatic heterocycles. The summed E-state index contributed by atoms with van der Waals surface area (Å²) in [6.07, 6.45) is 1.56. The van der Waals surface area contributed by atoms with Crippen LogP contribution in [0.4, 0.5) is 0 Å². The number of thiophene rings is 1. The summed E-state index contributed by atoms with van der Waals surface area (Å²) in [7, 11) is 0. The number of ketones is 1. The zero-order chi connectivity index (χ0) is 17.3. The smallest absolute Gasteiger partial charge is 0.290 e. The van der Waals surface area contributed by atoms with E-state index in [2.05, 4.69) is 6.58 Å². The number of carbonyl (C=O) groups excluding carboxylic acids is 2. The highest BCUT2D eigenvalue weighted by molar-refractivity contribution is 7.12. The molecule has 3 rings (SSSR count). The maximum absolute atomic E-state index is 12.8. The molecule has 0 radical (unpaired) electrons. The summed E-state index contributed by atoms with van der Waals surface area (Å²) in [4.78, 5) is 27.2. The minimum Gasteiger partial charge on any atom is -0.503 e. The van der Waals surface area contributed by atoms with E-state index in [0.717, 1.165) is 0 Å². The van der Waals surface area contributed by atoms with Gasteiger partial charge < -0.3 is 10.0 Å². The fourth-order valence-corrected chi connectivity index (χ4v) is 3.65. The lowest BCUT2D eigenvalue weighted by molar-refractivity contribution is -0.128. The van der Waals surface area contributed by atoms with Crippen LogP contribution in [0, 0.1) is 0 Å². The zero-order valence-corrected chi connectivity index (χ0v) is 14.2. The maximum atomic E-state index is 12.8. The molecule has 2 aromatic rings. The summed E-state index contributed by atoms with van der Waals surface area (Å²) in [5.74, 6) is -1.45. The predicted molar refractivity (Wildman–Crippen MR) is 94.4 cm³/mol. The topological polar surface area (TPSA) is 57.6 Å². The molecular weight excluding hydrogens is 346 g/mol. The third kappa shape index (κ3) is 2.77. The van der Waals surface area contributed by atoms with E-state index in [4.69, 9.17) is 11.6 Å². The third-order valence-electron chi connectivity index (χ3n) is 3.78. The first-order valence-corrected chi connectivity index (χ1v) is 8.49. The molecule has 0 fully saturated rings. The highest BCUT2D eigenvalue weighted by Crippen LogP contribution is 2.39. The summed E-state index contributed by atoms with van der Waals surface area (Å²) in [6.45, 7) is 3.86. The second-order valence-corrected chi connectivity index (χ2v) is 6.66. The highest BCUT2D eigenvalue weighted by Gasteiger charge is 2.43. The van der Waals surface area contributed by atoms with Gasteiger partial charge in [0.1, 0.15) is 0 Å². The van der Waals surface area contributed by atoms with Crippen molar-refractivity contribution in [1.82, 2.24) is 4.90 Å². The maximum Gasteiger partial charge on any atom is 0.290 e. The largest absolute Gasteiger partial charge is 0.503 e. The van der Waals surface area contributed by atoms with E-state index in [0.29, 0.717) is 15.5 Å². The normalized spacial score (nSPS) is 17.5. The van der Waals surface area contributed by atoms with E-state index >= 15 is 0 Å². The summed E-state index contributed by atoms with van der Waals surface area (Å²) in [6, 6.07) is 9.66. The Morgan fingerprint density at radius 3 is 2.79 bits per heavy atom. The van der Waals surface area contributed by atoms with Gasteiger partial charge in [0.05, 0.1) is 16.5 Å². The first kappa shape index (κ1) is 16.5. The number of nitrogens with zero attached hydrogens (tertiary/aromatic N) is 1. The number of aliphatic hydroxyl groups is 1. The Bertz CT molecular complexity index is 842. The van der Waals surface area contributed by atoms with Crippen LogP contribution >= 0.6 is 22.9 Å². The van der Waals surface area contributed by atoms with E-state index < -0.39 is 17.7 Å². The molecule has 1 atom stereocenters. The molecule has 0 saturated carbocycles. The minimum absolute atomic E-state index is 0.0755. The van der Waals surface area contributed by atoms with E-state index in [-0.39, 0.29) is 17.9 Å². The number of carbonyl (C=O) groups is 2. The van der Waals surface area contributed by atoms with Crippen molar-refractivity contribution in [2.24, 2.45) is 0 Å². The van der Waals surface area contributed by atoms with Crippen molar-refractivity contribution in [1.29, 1.82) is 0 Å². The lowest BCUT2D eigenvalue weighted by atomic mass is 9.95. The fraction of sp³-hybridized carbons (Fsp3) is 0.111. The van der Waals surface area contributed by atoms with Crippen LogP contribution in [0.5, 0.6) is 0 Å². The number of hydrogen-bond acceptors (Lipinski definition) is 4. The second-order valence-electron chi connectivity index (χ2n) is 5.27. The van der Waals surface area contributed by atoms with Gasteiger partial charge in [0.25, 0.3) is 5.91 Å². The molecule has 1 aliphatic rings. The number of Topliss-reactive ketones (excluding diaryl/α,β-unsaturated/α-hetero) is 1. The van der Waals surface area contributed by atoms with E-state index in [1.165, 1.54) is 16.2 Å². The Hall–Kier alpha value is -2.37. The van der Waals surface area contributed by atoms with Crippen molar-refractivity contribution in [2.45, 2.75) is 6.04 Å². The van der Waals surface area contributed by atoms with Crippen molar-refractivity contribution in [3.8, 4) is 0 Å². The molecule has 24 heavy (non-hydrogen) atoms. The summed E-state index contributed by atoms with van der Waals surface area (Å²) < 4.78 is 0. The van der Waals surface area contributed by atoms with Crippen molar-refractivity contribution < 1.29 is 14.7 Å². The zero-order valence-electron chi connectivity index (χ0n) is 12.6. The molecule has 0 aliphatic carbocycles. The fourth-order valence-electron chi connectivity index (χ4n) is 2.78. The molecule has 2 heterocycles. The summed E-state index contributed by atoms with van der Waals surface area (Å²) in [5, 5.41) is 12.6. The van der Waals surface area contributed by atoms with Crippen LogP contribution in [-0.2, 0) is 4.79 Å². The number of hydrogen-bond donors (Lipinski definition) is 1. The van der Waals surface area contributed by atoms with Gasteiger partial charge >= 0.3 is 0 Å². The number of amides is 1. The number of rotatable bonds is 5. The molecule has 122 valence electrons. The molecule has 6 heteroatoms. The summed E-state index contributed by atoms with van der Waals surface area (Å²) in [5.41, 5.74) is 0.744. The van der Waals surface area contributed by atoms with E-state index in [1.54, 1.807) is 47.9 Å². The van der Waals surface area contributed by atoms with Crippen molar-refractivity contribution >= 4 is 34.6 Å². The average Bonchev–Trinajstić information content (AvgIpc) is 3.17.